The van der Waals surface area contributed by atoms with Crippen molar-refractivity contribution in [3.63, 3.8) is 0 Å². The van der Waals surface area contributed by atoms with Gasteiger partial charge in [-0.2, -0.15) is 11.8 Å². The first-order chi connectivity index (χ1) is 8.78. The molecule has 3 rings (SSSR count). The first kappa shape index (κ1) is 11.5. The maximum Gasteiger partial charge on any atom is 0.180 e. The molecule has 0 amide bonds. The van der Waals surface area contributed by atoms with E-state index in [-0.39, 0.29) is 0 Å². The van der Waals surface area contributed by atoms with Crippen molar-refractivity contribution in [2.24, 2.45) is 0 Å². The van der Waals surface area contributed by atoms with Gasteiger partial charge in [0.1, 0.15) is 11.5 Å². The largest absolute Gasteiger partial charge is 0.373 e. The van der Waals surface area contributed by atoms with Gasteiger partial charge in [-0.15, -0.1) is 0 Å². The third-order valence-electron chi connectivity index (χ3n) is 2.96. The number of hydrogen-bond acceptors (Lipinski definition) is 5. The van der Waals surface area contributed by atoms with Gasteiger partial charge in [-0.1, -0.05) is 0 Å². The topological polar surface area (TPSA) is 50.7 Å². The molecule has 1 aliphatic heterocycles. The van der Waals surface area contributed by atoms with Gasteiger partial charge in [0, 0.05) is 30.3 Å². The van der Waals surface area contributed by atoms with Crippen LogP contribution in [-0.4, -0.2) is 22.0 Å². The van der Waals surface area contributed by atoms with E-state index in [1.165, 1.54) is 11.1 Å². The minimum Gasteiger partial charge on any atom is -0.373 e. The summed E-state index contributed by atoms with van der Waals surface area (Å²) in [6, 6.07) is 4.00. The van der Waals surface area contributed by atoms with Crippen molar-refractivity contribution in [3.05, 3.63) is 35.2 Å². The predicted octanol–water partition coefficient (Wildman–Crippen LogP) is 2.64. The van der Waals surface area contributed by atoms with Crippen molar-refractivity contribution in [3.8, 4) is 11.5 Å². The fourth-order valence-electron chi connectivity index (χ4n) is 2.03. The molecular weight excluding hydrogens is 244 g/mol. The fourth-order valence-corrected chi connectivity index (χ4v) is 3.07. The third-order valence-corrected chi connectivity index (χ3v) is 3.93. The number of nitrogens with zero attached hydrogens (tertiary/aromatic N) is 3. The molecular formula is C13H14N4S. The Hall–Kier alpha value is -1.62. The molecule has 0 saturated heterocycles. The molecule has 2 aromatic rings. The Balaban J connectivity index is 2.13. The number of hydrogen-bond donors (Lipinski definition) is 1. The second kappa shape index (κ2) is 4.57. The van der Waals surface area contributed by atoms with Crippen LogP contribution in [0.4, 0.5) is 5.82 Å². The molecule has 92 valence electrons. The summed E-state index contributed by atoms with van der Waals surface area (Å²) in [6.07, 6.45) is 1.80. The second-order valence-electron chi connectivity index (χ2n) is 4.28. The van der Waals surface area contributed by atoms with E-state index in [1.54, 1.807) is 6.20 Å². The molecule has 0 aromatic carbocycles. The van der Waals surface area contributed by atoms with Gasteiger partial charge < -0.3 is 5.32 Å². The molecule has 2 aromatic heterocycles. The lowest BCUT2D eigenvalue weighted by molar-refractivity contribution is 1.05. The molecule has 4 nitrogen and oxygen atoms in total. The lowest BCUT2D eigenvalue weighted by atomic mass is 10.2. The average molecular weight is 258 g/mol. The maximum absolute atomic E-state index is 4.64. The molecule has 0 fully saturated rings. The molecule has 3 heterocycles. The van der Waals surface area contributed by atoms with Gasteiger partial charge in [0.05, 0.1) is 5.69 Å². The Bertz CT molecular complexity index is 598. The molecule has 5 heteroatoms. The zero-order valence-corrected chi connectivity index (χ0v) is 11.2. The van der Waals surface area contributed by atoms with Crippen LogP contribution in [0.1, 0.15) is 16.8 Å². The van der Waals surface area contributed by atoms with Crippen LogP contribution in [0.15, 0.2) is 18.3 Å². The number of rotatable bonds is 2. The highest BCUT2D eigenvalue weighted by atomic mass is 32.2. The van der Waals surface area contributed by atoms with Gasteiger partial charge >= 0.3 is 0 Å². The van der Waals surface area contributed by atoms with Crippen molar-refractivity contribution < 1.29 is 0 Å². The zero-order chi connectivity index (χ0) is 12.5. The highest BCUT2D eigenvalue weighted by Gasteiger charge is 2.19. The zero-order valence-electron chi connectivity index (χ0n) is 10.4. The van der Waals surface area contributed by atoms with Gasteiger partial charge in [-0.25, -0.2) is 9.97 Å². The summed E-state index contributed by atoms with van der Waals surface area (Å²) in [4.78, 5) is 13.6. The fraction of sp³-hybridized carbons (Fsp3) is 0.308. The van der Waals surface area contributed by atoms with E-state index in [1.807, 2.05) is 37.9 Å². The summed E-state index contributed by atoms with van der Waals surface area (Å²) >= 11 is 1.88. The van der Waals surface area contributed by atoms with Gasteiger partial charge in [-0.3, -0.25) is 4.98 Å². The number of pyridine rings is 1. The summed E-state index contributed by atoms with van der Waals surface area (Å²) in [5.41, 5.74) is 4.38. The van der Waals surface area contributed by atoms with Crippen LogP contribution in [0.5, 0.6) is 0 Å². The van der Waals surface area contributed by atoms with E-state index in [2.05, 4.69) is 20.3 Å². The van der Waals surface area contributed by atoms with Gasteiger partial charge in [0.2, 0.25) is 0 Å². The summed E-state index contributed by atoms with van der Waals surface area (Å²) < 4.78 is 0. The number of aryl methyl sites for hydroxylation is 1. The van der Waals surface area contributed by atoms with E-state index in [0.29, 0.717) is 5.82 Å². The summed E-state index contributed by atoms with van der Waals surface area (Å²) in [6.45, 7) is 2.05. The molecule has 0 bridgehead atoms. The molecule has 0 atom stereocenters. The number of aromatic nitrogens is 3. The highest BCUT2D eigenvalue weighted by Crippen LogP contribution is 2.33. The van der Waals surface area contributed by atoms with E-state index in [4.69, 9.17) is 0 Å². The van der Waals surface area contributed by atoms with Gasteiger partial charge in [0.15, 0.2) is 5.82 Å². The van der Waals surface area contributed by atoms with Crippen LogP contribution in [0.25, 0.3) is 11.5 Å². The van der Waals surface area contributed by atoms with Gasteiger partial charge in [-0.05, 0) is 24.6 Å². The van der Waals surface area contributed by atoms with Crippen LogP contribution in [-0.2, 0) is 11.5 Å². The average Bonchev–Trinajstić information content (AvgIpc) is 2.85. The lowest BCUT2D eigenvalue weighted by Crippen LogP contribution is -2.04. The van der Waals surface area contributed by atoms with Crippen LogP contribution >= 0.6 is 11.8 Å². The van der Waals surface area contributed by atoms with Crippen molar-refractivity contribution >= 4 is 17.6 Å². The minimum atomic E-state index is 0.712. The molecule has 0 radical (unpaired) electrons. The van der Waals surface area contributed by atoms with Crippen LogP contribution in [0, 0.1) is 6.92 Å². The van der Waals surface area contributed by atoms with Gasteiger partial charge in [0.25, 0.3) is 0 Å². The molecule has 1 N–H and O–H groups in total. The normalized spacial score (nSPS) is 13.4. The molecule has 0 saturated carbocycles. The van der Waals surface area contributed by atoms with E-state index in [9.17, 15) is 0 Å². The molecule has 18 heavy (non-hydrogen) atoms. The number of nitrogens with one attached hydrogen (secondary N) is 1. The smallest absolute Gasteiger partial charge is 0.180 e. The highest BCUT2D eigenvalue weighted by molar-refractivity contribution is 7.98. The number of fused-ring (bicyclic) bond motifs is 1. The van der Waals surface area contributed by atoms with E-state index < -0.39 is 0 Å². The Kier molecular flexibility index (Phi) is 2.91. The quantitative estimate of drug-likeness (QED) is 0.897. The first-order valence-electron chi connectivity index (χ1n) is 5.86. The lowest BCUT2D eigenvalue weighted by Gasteiger charge is -2.08. The van der Waals surface area contributed by atoms with Crippen LogP contribution in [0.3, 0.4) is 0 Å². The molecule has 0 spiro atoms. The Morgan fingerprint density at radius 1 is 1.28 bits per heavy atom. The summed E-state index contributed by atoms with van der Waals surface area (Å²) in [5.74, 6) is 3.60. The van der Waals surface area contributed by atoms with Crippen molar-refractivity contribution in [2.75, 3.05) is 12.4 Å². The maximum atomic E-state index is 4.64. The Morgan fingerprint density at radius 3 is 2.94 bits per heavy atom. The number of thioether (sulfide) groups is 1. The summed E-state index contributed by atoms with van der Waals surface area (Å²) in [5, 5.41) is 3.16. The van der Waals surface area contributed by atoms with Crippen molar-refractivity contribution in [2.45, 2.75) is 18.4 Å². The number of anilines is 1. The molecule has 1 aliphatic rings. The Morgan fingerprint density at radius 2 is 2.17 bits per heavy atom. The monoisotopic (exact) mass is 258 g/mol. The van der Waals surface area contributed by atoms with E-state index in [0.717, 1.165) is 28.7 Å². The first-order valence-corrected chi connectivity index (χ1v) is 7.01. The SMILES string of the molecule is CNc1nc(-c2cc(C)ccn2)nc2c1CSC2. The Labute approximate surface area is 110 Å². The second-order valence-corrected chi connectivity index (χ2v) is 5.27. The summed E-state index contributed by atoms with van der Waals surface area (Å²) in [7, 11) is 1.90. The standard InChI is InChI=1S/C13H14N4S/c1-8-3-4-15-10(5-8)13-16-11-7-18-6-9(11)12(14-2)17-13/h3-5H,6-7H2,1-2H3,(H,14,16,17). The van der Waals surface area contributed by atoms with E-state index >= 15 is 0 Å². The third kappa shape index (κ3) is 1.95. The van der Waals surface area contributed by atoms with Crippen molar-refractivity contribution in [1.82, 2.24) is 15.0 Å². The minimum absolute atomic E-state index is 0.712. The molecule has 0 aliphatic carbocycles. The van der Waals surface area contributed by atoms with Crippen molar-refractivity contribution in [1.29, 1.82) is 0 Å². The van der Waals surface area contributed by atoms with Crippen LogP contribution in [0.2, 0.25) is 0 Å². The predicted molar refractivity (Wildman–Crippen MR) is 74.5 cm³/mol. The van der Waals surface area contributed by atoms with Crippen LogP contribution < -0.4 is 5.32 Å². The molecule has 0 unspecified atom stereocenters.